The molecule has 3 heterocycles. The van der Waals surface area contributed by atoms with Crippen molar-refractivity contribution in [2.45, 2.75) is 49.9 Å². The fourth-order valence-corrected chi connectivity index (χ4v) is 5.51. The van der Waals surface area contributed by atoms with E-state index in [9.17, 15) is 4.79 Å². The maximum Gasteiger partial charge on any atom is 0.263 e. The fourth-order valence-electron chi connectivity index (χ4n) is 3.46. The zero-order valence-electron chi connectivity index (χ0n) is 12.9. The van der Waals surface area contributed by atoms with Crippen molar-refractivity contribution in [2.24, 2.45) is 0 Å². The number of ether oxygens (including phenoxy) is 1. The summed E-state index contributed by atoms with van der Waals surface area (Å²) in [5.74, 6) is 0.550. The second-order valence-electron chi connectivity index (χ2n) is 6.05. The first-order valence-corrected chi connectivity index (χ1v) is 9.98. The number of aryl methyl sites for hydroxylation is 2. The molecule has 4 rings (SSSR count). The quantitative estimate of drug-likeness (QED) is 0.660. The van der Waals surface area contributed by atoms with Crippen LogP contribution in [0, 0.1) is 0 Å². The molecular formula is C16H20N2O3S2. The van der Waals surface area contributed by atoms with Gasteiger partial charge in [-0.1, -0.05) is 11.8 Å². The molecule has 0 aromatic carbocycles. The number of rotatable bonds is 5. The molecule has 1 saturated heterocycles. The van der Waals surface area contributed by atoms with Gasteiger partial charge < -0.3 is 9.84 Å². The lowest BCUT2D eigenvalue weighted by Crippen LogP contribution is -2.29. The Morgan fingerprint density at radius 3 is 3.09 bits per heavy atom. The largest absolute Gasteiger partial charge is 0.396 e. The van der Waals surface area contributed by atoms with Gasteiger partial charge >= 0.3 is 0 Å². The van der Waals surface area contributed by atoms with E-state index in [-0.39, 0.29) is 18.3 Å². The number of aliphatic hydroxyl groups excluding tert-OH is 1. The molecule has 0 radical (unpaired) electrons. The standard InChI is InChI=1S/C16H20N2O3S2/c19-6-8-22-16-17-14-13(11-4-1-5-12(11)23-14)15(20)18(16)9-10-3-2-7-21-10/h10,19H,1-9H2. The predicted octanol–water partition coefficient (Wildman–Crippen LogP) is 2.21. The SMILES string of the molecule is O=c1c2c3c(sc2nc(SCCO)n1CC1CCCO1)CCC3. The first-order chi connectivity index (χ1) is 11.3. The number of thioether (sulfide) groups is 1. The number of fused-ring (bicyclic) bond motifs is 3. The third-order valence-electron chi connectivity index (χ3n) is 4.52. The average molecular weight is 352 g/mol. The van der Waals surface area contributed by atoms with E-state index in [2.05, 4.69) is 0 Å². The summed E-state index contributed by atoms with van der Waals surface area (Å²) < 4.78 is 7.50. The molecule has 23 heavy (non-hydrogen) atoms. The Bertz CT molecular complexity index is 778. The Morgan fingerprint density at radius 2 is 2.30 bits per heavy atom. The minimum Gasteiger partial charge on any atom is -0.396 e. The van der Waals surface area contributed by atoms with Gasteiger partial charge in [-0.2, -0.15) is 0 Å². The van der Waals surface area contributed by atoms with Crippen LogP contribution in [0.1, 0.15) is 29.7 Å². The summed E-state index contributed by atoms with van der Waals surface area (Å²) in [5.41, 5.74) is 1.30. The summed E-state index contributed by atoms with van der Waals surface area (Å²) in [6.45, 7) is 1.43. The van der Waals surface area contributed by atoms with Crippen LogP contribution in [0.15, 0.2) is 9.95 Å². The first-order valence-electron chi connectivity index (χ1n) is 8.18. The fraction of sp³-hybridized carbons (Fsp3) is 0.625. The molecule has 7 heteroatoms. The number of aliphatic hydroxyl groups is 1. The molecule has 1 atom stereocenters. The molecule has 1 N–H and O–H groups in total. The lowest BCUT2D eigenvalue weighted by Gasteiger charge is -2.15. The Morgan fingerprint density at radius 1 is 1.39 bits per heavy atom. The number of hydrogen-bond acceptors (Lipinski definition) is 6. The maximum absolute atomic E-state index is 13.1. The van der Waals surface area contributed by atoms with E-state index in [0.29, 0.717) is 17.5 Å². The van der Waals surface area contributed by atoms with Crippen molar-refractivity contribution < 1.29 is 9.84 Å². The van der Waals surface area contributed by atoms with Gasteiger partial charge in [0, 0.05) is 17.2 Å². The Balaban J connectivity index is 1.81. The lowest BCUT2D eigenvalue weighted by atomic mass is 10.2. The van der Waals surface area contributed by atoms with Crippen LogP contribution in [-0.2, 0) is 24.1 Å². The molecule has 2 aromatic heterocycles. The van der Waals surface area contributed by atoms with Gasteiger partial charge in [0.25, 0.3) is 5.56 Å². The van der Waals surface area contributed by atoms with E-state index < -0.39 is 0 Å². The minimum absolute atomic E-state index is 0.0744. The second kappa shape index (κ2) is 6.55. The number of nitrogens with zero attached hydrogens (tertiary/aromatic N) is 2. The van der Waals surface area contributed by atoms with E-state index in [0.717, 1.165) is 48.9 Å². The average Bonchev–Trinajstić information content (AvgIpc) is 3.24. The van der Waals surface area contributed by atoms with Crippen molar-refractivity contribution in [2.75, 3.05) is 19.0 Å². The number of thiophene rings is 1. The number of hydrogen-bond donors (Lipinski definition) is 1. The van der Waals surface area contributed by atoms with Crippen LogP contribution in [-0.4, -0.2) is 39.7 Å². The Hall–Kier alpha value is -0.890. The van der Waals surface area contributed by atoms with Crippen LogP contribution in [0.2, 0.25) is 0 Å². The molecule has 0 amide bonds. The summed E-state index contributed by atoms with van der Waals surface area (Å²) in [4.78, 5) is 20.1. The van der Waals surface area contributed by atoms with Gasteiger partial charge in [0.1, 0.15) is 4.83 Å². The van der Waals surface area contributed by atoms with E-state index in [4.69, 9.17) is 14.8 Å². The third-order valence-corrected chi connectivity index (χ3v) is 6.66. The van der Waals surface area contributed by atoms with Gasteiger partial charge in [-0.15, -0.1) is 11.3 Å². The van der Waals surface area contributed by atoms with Gasteiger partial charge in [0.15, 0.2) is 5.16 Å². The molecule has 5 nitrogen and oxygen atoms in total. The molecule has 0 bridgehead atoms. The van der Waals surface area contributed by atoms with Gasteiger partial charge in [-0.25, -0.2) is 4.98 Å². The van der Waals surface area contributed by atoms with Crippen LogP contribution in [0.4, 0.5) is 0 Å². The monoisotopic (exact) mass is 352 g/mol. The summed E-state index contributed by atoms with van der Waals surface area (Å²) in [6, 6.07) is 0. The molecule has 2 aliphatic rings. The summed E-state index contributed by atoms with van der Waals surface area (Å²) >= 11 is 3.12. The smallest absolute Gasteiger partial charge is 0.263 e. The highest BCUT2D eigenvalue weighted by molar-refractivity contribution is 7.99. The van der Waals surface area contributed by atoms with E-state index in [1.807, 2.05) is 0 Å². The molecule has 124 valence electrons. The molecule has 0 saturated carbocycles. The van der Waals surface area contributed by atoms with E-state index in [1.54, 1.807) is 15.9 Å². The first kappa shape index (κ1) is 15.6. The van der Waals surface area contributed by atoms with Gasteiger partial charge in [-0.05, 0) is 37.7 Å². The normalized spacial score (nSPS) is 20.5. The maximum atomic E-state index is 13.1. The zero-order valence-corrected chi connectivity index (χ0v) is 14.5. The predicted molar refractivity (Wildman–Crippen MR) is 92.7 cm³/mol. The van der Waals surface area contributed by atoms with Crippen molar-refractivity contribution in [3.05, 3.63) is 20.8 Å². The second-order valence-corrected chi connectivity index (χ2v) is 8.20. The minimum atomic E-state index is 0.0744. The molecule has 1 unspecified atom stereocenters. The molecule has 1 fully saturated rings. The molecular weight excluding hydrogens is 332 g/mol. The Labute approximate surface area is 142 Å². The van der Waals surface area contributed by atoms with Crippen LogP contribution in [0.5, 0.6) is 0 Å². The van der Waals surface area contributed by atoms with Crippen molar-refractivity contribution in [1.82, 2.24) is 9.55 Å². The zero-order chi connectivity index (χ0) is 15.8. The highest BCUT2D eigenvalue weighted by atomic mass is 32.2. The summed E-state index contributed by atoms with van der Waals surface area (Å²) in [7, 11) is 0. The number of aromatic nitrogens is 2. The van der Waals surface area contributed by atoms with Crippen LogP contribution in [0.3, 0.4) is 0 Å². The molecule has 2 aromatic rings. The van der Waals surface area contributed by atoms with Crippen LogP contribution < -0.4 is 5.56 Å². The van der Waals surface area contributed by atoms with Gasteiger partial charge in [0.05, 0.1) is 24.6 Å². The van der Waals surface area contributed by atoms with Gasteiger partial charge in [0.2, 0.25) is 0 Å². The Kier molecular flexibility index (Phi) is 4.45. The summed E-state index contributed by atoms with van der Waals surface area (Å²) in [5, 5.41) is 10.7. The summed E-state index contributed by atoms with van der Waals surface area (Å²) in [6.07, 6.45) is 5.37. The third kappa shape index (κ3) is 2.84. The van der Waals surface area contributed by atoms with Crippen molar-refractivity contribution in [3.63, 3.8) is 0 Å². The lowest BCUT2D eigenvalue weighted by molar-refractivity contribution is 0.0937. The van der Waals surface area contributed by atoms with Crippen LogP contribution in [0.25, 0.3) is 10.2 Å². The van der Waals surface area contributed by atoms with E-state index >= 15 is 0 Å². The van der Waals surface area contributed by atoms with Crippen LogP contribution >= 0.6 is 23.1 Å². The topological polar surface area (TPSA) is 64.3 Å². The highest BCUT2D eigenvalue weighted by Gasteiger charge is 2.25. The molecule has 0 spiro atoms. The van der Waals surface area contributed by atoms with Gasteiger partial charge in [-0.3, -0.25) is 9.36 Å². The molecule has 1 aliphatic heterocycles. The molecule has 1 aliphatic carbocycles. The van der Waals surface area contributed by atoms with Crippen molar-refractivity contribution >= 4 is 33.3 Å². The van der Waals surface area contributed by atoms with Crippen molar-refractivity contribution in [1.29, 1.82) is 0 Å². The highest BCUT2D eigenvalue weighted by Crippen LogP contribution is 2.35. The van der Waals surface area contributed by atoms with Crippen molar-refractivity contribution in [3.8, 4) is 0 Å². The van der Waals surface area contributed by atoms with E-state index in [1.165, 1.54) is 22.2 Å².